The van der Waals surface area contributed by atoms with E-state index < -0.39 is 242 Å². The highest BCUT2D eigenvalue weighted by Gasteiger charge is 2.51. The van der Waals surface area contributed by atoms with Crippen LogP contribution in [0.4, 0.5) is 0 Å². The standard InChI is InChI=1S/C44H78O30/c1-15-29(49)39(59)36(56)24(69-15)10-64-6-16-20(2-45)70-26(35(55)30(16)50)12-67-9-19-23(5-48)74-44(42(62)33(19)53)68-14-28-38(58)40(60)37(57)27(72-28)13-65-7-17-21(3-46)71-25(34(54)31(17)51)11-66-8-18-22(4-47)73-43(63)41(61)32(18)52/h15-63H,2-14H2,1H3/t15?,16?,17?,18?,19?,20?,21?,22?,23?,24?,25?,26?,27?,28?,29?,30-,31-,32-,33-,34-,35-,36-,37-,38?,39-,40+,41+,42+,43?,44?/m1/s1. The molecule has 6 rings (SSSR count). The third-order valence-corrected chi connectivity index (χ3v) is 15.0. The van der Waals surface area contributed by atoms with Crippen molar-refractivity contribution in [3.05, 3.63) is 0 Å². The topological polar surface area (TPSA) is 486 Å². The van der Waals surface area contributed by atoms with Crippen LogP contribution in [-0.4, -0.2) is 342 Å². The van der Waals surface area contributed by atoms with Gasteiger partial charge in [-0.05, 0) is 6.92 Å². The van der Waals surface area contributed by atoms with E-state index in [4.69, 9.17) is 52.1 Å². The lowest BCUT2D eigenvalue weighted by Gasteiger charge is -2.45. The Hall–Kier alpha value is -1.20. The summed E-state index contributed by atoms with van der Waals surface area (Å²) in [5, 5.41) is 199. The number of hydrogen-bond donors (Lipinski definition) is 19. The number of rotatable bonds is 23. The minimum atomic E-state index is -1.83. The maximum Gasteiger partial charge on any atom is 0.186 e. The molecule has 74 heavy (non-hydrogen) atoms. The molecule has 0 spiro atoms. The van der Waals surface area contributed by atoms with E-state index >= 15 is 0 Å². The lowest BCUT2D eigenvalue weighted by atomic mass is 9.87. The van der Waals surface area contributed by atoms with Crippen LogP contribution in [0.3, 0.4) is 0 Å². The van der Waals surface area contributed by atoms with Crippen LogP contribution in [0.25, 0.3) is 0 Å². The summed E-state index contributed by atoms with van der Waals surface area (Å²) in [5.74, 6) is -4.16. The molecule has 30 nitrogen and oxygen atoms in total. The highest BCUT2D eigenvalue weighted by Crippen LogP contribution is 2.33. The monoisotopic (exact) mass is 1090 g/mol. The van der Waals surface area contributed by atoms with E-state index in [2.05, 4.69) is 0 Å². The first-order valence-electron chi connectivity index (χ1n) is 24.7. The first kappa shape index (κ1) is 62.0. The third-order valence-electron chi connectivity index (χ3n) is 15.0. The Labute approximate surface area is 424 Å². The van der Waals surface area contributed by atoms with E-state index in [0.29, 0.717) is 0 Å². The van der Waals surface area contributed by atoms with E-state index in [9.17, 15) is 97.0 Å². The molecule has 0 bridgehead atoms. The molecule has 18 unspecified atom stereocenters. The van der Waals surface area contributed by atoms with Gasteiger partial charge in [0.25, 0.3) is 0 Å². The van der Waals surface area contributed by atoms with E-state index in [1.165, 1.54) is 6.92 Å². The van der Waals surface area contributed by atoms with Crippen molar-refractivity contribution in [3.8, 4) is 0 Å². The van der Waals surface area contributed by atoms with Crippen LogP contribution in [-0.2, 0) is 52.1 Å². The maximum absolute atomic E-state index is 11.1. The second-order valence-electron chi connectivity index (χ2n) is 19.9. The number of hydrogen-bond acceptors (Lipinski definition) is 30. The van der Waals surface area contributed by atoms with Crippen molar-refractivity contribution in [2.45, 2.75) is 166 Å². The van der Waals surface area contributed by atoms with Gasteiger partial charge in [-0.25, -0.2) is 0 Å². The molecule has 6 saturated heterocycles. The highest BCUT2D eigenvalue weighted by atomic mass is 16.7. The van der Waals surface area contributed by atoms with Crippen molar-refractivity contribution in [1.82, 2.24) is 0 Å². The van der Waals surface area contributed by atoms with E-state index in [-0.39, 0.29) is 26.4 Å². The quantitative estimate of drug-likeness (QED) is 0.0452. The summed E-state index contributed by atoms with van der Waals surface area (Å²) in [6.07, 6.45) is -37.6. The Bertz CT molecular complexity index is 1620. The van der Waals surface area contributed by atoms with Gasteiger partial charge in [0.15, 0.2) is 12.6 Å². The molecule has 0 aromatic heterocycles. The SMILES string of the molecule is CC1OC(COCC2C(CO)OC(COCC3C(CO)OC(OCC4OC(COCC5C(CO)OC(COCC6C(CO)OC(O)[C@@H](O)[C@@H]6O)[C@@H](O)[C@@H]5O)[C@@H](O)[C@H](O)C4O)[C@@H](O)[C@@H]3O)[C@@H](O)[C@@H]2O)[C@@H](O)[C@H](O)C1O. The summed E-state index contributed by atoms with van der Waals surface area (Å²) in [6, 6.07) is 0. The average Bonchev–Trinajstić information content (AvgIpc) is 3.39. The van der Waals surface area contributed by atoms with E-state index in [1.807, 2.05) is 0 Å². The molecule has 6 aliphatic heterocycles. The van der Waals surface area contributed by atoms with Gasteiger partial charge >= 0.3 is 0 Å². The summed E-state index contributed by atoms with van der Waals surface area (Å²) >= 11 is 0. The van der Waals surface area contributed by atoms with E-state index in [1.54, 1.807) is 0 Å². The molecular formula is C44H78O30. The van der Waals surface area contributed by atoms with Gasteiger partial charge in [0.05, 0.1) is 141 Å². The largest absolute Gasteiger partial charge is 0.394 e. The van der Waals surface area contributed by atoms with Gasteiger partial charge in [0, 0.05) is 23.7 Å². The molecule has 0 amide bonds. The fraction of sp³-hybridized carbons (Fsp3) is 1.00. The molecule has 0 aromatic rings. The van der Waals surface area contributed by atoms with Gasteiger partial charge in [-0.15, -0.1) is 0 Å². The van der Waals surface area contributed by atoms with Crippen LogP contribution in [0.5, 0.6) is 0 Å². The molecule has 434 valence electrons. The molecule has 0 aliphatic carbocycles. The zero-order chi connectivity index (χ0) is 54.3. The average molecular weight is 1090 g/mol. The molecule has 6 fully saturated rings. The van der Waals surface area contributed by atoms with Gasteiger partial charge in [-0.1, -0.05) is 0 Å². The lowest BCUT2D eigenvalue weighted by Crippen LogP contribution is -2.61. The summed E-state index contributed by atoms with van der Waals surface area (Å²) in [5.41, 5.74) is 0. The van der Waals surface area contributed by atoms with Crippen molar-refractivity contribution in [2.24, 2.45) is 23.7 Å². The van der Waals surface area contributed by atoms with Crippen molar-refractivity contribution >= 4 is 0 Å². The molecule has 0 aromatic carbocycles. The van der Waals surface area contributed by atoms with Crippen LogP contribution < -0.4 is 0 Å². The van der Waals surface area contributed by atoms with Crippen molar-refractivity contribution in [2.75, 3.05) is 85.9 Å². The Balaban J connectivity index is 0.934. The molecule has 30 atom stereocenters. The van der Waals surface area contributed by atoms with Crippen molar-refractivity contribution in [3.63, 3.8) is 0 Å². The minimum absolute atomic E-state index is 0.270. The summed E-state index contributed by atoms with van der Waals surface area (Å²) in [6.45, 7) is -4.72. The molecule has 6 heterocycles. The van der Waals surface area contributed by atoms with Gasteiger partial charge in [0.1, 0.15) is 91.6 Å². The number of aliphatic hydroxyl groups excluding tert-OH is 19. The molecule has 19 N–H and O–H groups in total. The fourth-order valence-corrected chi connectivity index (χ4v) is 10.2. The second-order valence-corrected chi connectivity index (χ2v) is 19.9. The smallest absolute Gasteiger partial charge is 0.186 e. The summed E-state index contributed by atoms with van der Waals surface area (Å²) in [7, 11) is 0. The van der Waals surface area contributed by atoms with Crippen molar-refractivity contribution < 1.29 is 149 Å². The third kappa shape index (κ3) is 14.2. The predicted molar refractivity (Wildman–Crippen MR) is 235 cm³/mol. The fourth-order valence-electron chi connectivity index (χ4n) is 10.2. The normalized spacial score (nSPS) is 49.5. The Morgan fingerprint density at radius 1 is 0.270 bits per heavy atom. The molecular weight excluding hydrogens is 1010 g/mol. The highest BCUT2D eigenvalue weighted by molar-refractivity contribution is 4.97. The van der Waals surface area contributed by atoms with Crippen LogP contribution in [0, 0.1) is 23.7 Å². The molecule has 0 saturated carbocycles. The Morgan fingerprint density at radius 2 is 0.568 bits per heavy atom. The zero-order valence-electron chi connectivity index (χ0n) is 40.5. The van der Waals surface area contributed by atoms with Gasteiger partial charge in [0.2, 0.25) is 0 Å². The van der Waals surface area contributed by atoms with Gasteiger partial charge < -0.3 is 149 Å². The summed E-state index contributed by atoms with van der Waals surface area (Å²) < 4.78 is 61.9. The predicted octanol–water partition coefficient (Wildman–Crippen LogP) is -11.9. The Kier molecular flexibility index (Phi) is 23.7. The molecule has 30 heteroatoms. The van der Waals surface area contributed by atoms with Crippen LogP contribution >= 0.6 is 0 Å². The molecule has 6 aliphatic rings. The first-order chi connectivity index (χ1) is 35.2. The van der Waals surface area contributed by atoms with Crippen LogP contribution in [0.1, 0.15) is 6.92 Å². The molecule has 0 radical (unpaired) electrons. The van der Waals surface area contributed by atoms with Gasteiger partial charge in [-0.3, -0.25) is 0 Å². The number of ether oxygens (including phenoxy) is 11. The summed E-state index contributed by atoms with van der Waals surface area (Å²) in [4.78, 5) is 0. The zero-order valence-corrected chi connectivity index (χ0v) is 40.5. The van der Waals surface area contributed by atoms with Crippen LogP contribution in [0.15, 0.2) is 0 Å². The second kappa shape index (κ2) is 28.3. The van der Waals surface area contributed by atoms with Crippen LogP contribution in [0.2, 0.25) is 0 Å². The van der Waals surface area contributed by atoms with Crippen molar-refractivity contribution in [1.29, 1.82) is 0 Å². The lowest BCUT2D eigenvalue weighted by molar-refractivity contribution is -0.311. The Morgan fingerprint density at radius 3 is 0.973 bits per heavy atom. The van der Waals surface area contributed by atoms with Gasteiger partial charge in [-0.2, -0.15) is 0 Å². The maximum atomic E-state index is 11.1. The first-order valence-corrected chi connectivity index (χ1v) is 24.7. The number of aliphatic hydroxyl groups is 19. The minimum Gasteiger partial charge on any atom is -0.394 e. The van der Waals surface area contributed by atoms with E-state index in [0.717, 1.165) is 0 Å².